The molecule has 0 aliphatic carbocycles. The molecule has 0 amide bonds. The van der Waals surface area contributed by atoms with E-state index < -0.39 is 7.40 Å². The Morgan fingerprint density at radius 3 is 1.60 bits per heavy atom. The van der Waals surface area contributed by atoms with Gasteiger partial charge < -0.3 is 13.6 Å². The Morgan fingerprint density at radius 2 is 1.00 bits per heavy atom. The summed E-state index contributed by atoms with van der Waals surface area (Å²) in [5.74, 6) is 0.529. The van der Waals surface area contributed by atoms with E-state index in [1.165, 1.54) is 10.0 Å². The minimum Gasteiger partial charge on any atom is -0.496 e. The predicted octanol–water partition coefficient (Wildman–Crippen LogP) is 18.6. The Kier molecular flexibility index (Phi) is 12.9. The number of methoxy groups -OCH3 is 1. The van der Waals surface area contributed by atoms with Crippen molar-refractivity contribution in [1.29, 1.82) is 0 Å². The molecule has 3 heterocycles. The van der Waals surface area contributed by atoms with Crippen molar-refractivity contribution in [2.24, 2.45) is 4.99 Å². The van der Waals surface area contributed by atoms with Crippen molar-refractivity contribution in [3.63, 3.8) is 0 Å². The van der Waals surface area contributed by atoms with E-state index in [0.717, 1.165) is 77.7 Å². The lowest BCUT2D eigenvalue weighted by Gasteiger charge is -2.23. The third kappa shape index (κ3) is 9.63. The fourth-order valence-electron chi connectivity index (χ4n) is 10.5. The first-order valence-electron chi connectivity index (χ1n) is 26.1. The van der Waals surface area contributed by atoms with E-state index in [0.29, 0.717) is 45.1 Å². The molecule has 7 heteroatoms. The van der Waals surface area contributed by atoms with Gasteiger partial charge in [0, 0.05) is 49.9 Å². The van der Waals surface area contributed by atoms with Gasteiger partial charge in [0.15, 0.2) is 0 Å². The fraction of sp³-hybridized carbons (Fsp3) is 0.250. The van der Waals surface area contributed by atoms with Gasteiger partial charge in [-0.2, -0.15) is 0 Å². The van der Waals surface area contributed by atoms with Crippen molar-refractivity contribution in [3.05, 3.63) is 226 Å². The first-order chi connectivity index (χ1) is 35.5. The number of nitrogens with zero attached hydrogens (tertiary/aromatic N) is 2. The molecule has 7 aromatic carbocycles. The zero-order valence-corrected chi connectivity index (χ0v) is 45.7. The van der Waals surface area contributed by atoms with Crippen LogP contribution in [0.25, 0.3) is 61.0 Å². The summed E-state index contributed by atoms with van der Waals surface area (Å²) in [4.78, 5) is 5.91. The van der Waals surface area contributed by atoms with Crippen LogP contribution in [0.1, 0.15) is 133 Å². The van der Waals surface area contributed by atoms with Gasteiger partial charge in [-0.25, -0.2) is 4.99 Å². The molecule has 0 fully saturated rings. The molecule has 75 heavy (non-hydrogen) atoms. The molecule has 2 aromatic heterocycles. The lowest BCUT2D eigenvalue weighted by molar-refractivity contribution is 0.413. The third-order valence-corrected chi connectivity index (χ3v) is 14.8. The second kappa shape index (κ2) is 19.0. The Morgan fingerprint density at radius 1 is 0.480 bits per heavy atom. The normalized spacial score (nSPS) is 14.3. The van der Waals surface area contributed by atoms with E-state index in [-0.39, 0.29) is 21.7 Å². The second-order valence-electron chi connectivity index (χ2n) is 24.2. The standard InChI is InChI=1S/C68H67BF2N2O2/c1-65(2,3)47-33-28-42(29-34-47)55-41-53(44-20-18-22-49(38-44)67(7,8)9)64(73(55)69(70)71)61(52-25-15-16-26-56(52)74-13)63-60(45-21-19-23-50(39-45)68(10,11)12)59(62(72-63)43-30-35-48(36-31-43)66(4,5)6)46-32-37-58-54(40-46)51-24-14-17-27-57(51)75-58/h14-41H,1-13H3/b63-61-. The predicted molar refractivity (Wildman–Crippen MR) is 312 cm³/mol. The van der Waals surface area contributed by atoms with Crippen LogP contribution in [-0.4, -0.2) is 24.7 Å². The van der Waals surface area contributed by atoms with Crippen LogP contribution in [0.2, 0.25) is 0 Å². The minimum absolute atomic E-state index is 0.102. The Bertz CT molecular complexity index is 3740. The van der Waals surface area contributed by atoms with Gasteiger partial charge in [0.1, 0.15) is 16.9 Å². The molecule has 0 N–H and O–H groups in total. The highest BCUT2D eigenvalue weighted by atomic mass is 19.2. The molecule has 1 aliphatic heterocycles. The minimum atomic E-state index is -2.97. The number of hydrogen-bond acceptors (Lipinski definition) is 3. The van der Waals surface area contributed by atoms with Gasteiger partial charge in [0.2, 0.25) is 0 Å². The van der Waals surface area contributed by atoms with Crippen LogP contribution < -0.4 is 4.74 Å². The largest absolute Gasteiger partial charge is 0.678 e. The van der Waals surface area contributed by atoms with Crippen LogP contribution in [-0.2, 0) is 21.7 Å². The summed E-state index contributed by atoms with van der Waals surface area (Å²) in [6.45, 7) is 26.3. The summed E-state index contributed by atoms with van der Waals surface area (Å²) in [5.41, 5.74) is 15.1. The van der Waals surface area contributed by atoms with Crippen LogP contribution in [0.3, 0.4) is 0 Å². The van der Waals surface area contributed by atoms with Gasteiger partial charge in [-0.1, -0.05) is 223 Å². The molecule has 0 saturated heterocycles. The molecular formula is C68H67BF2N2O2. The Balaban J connectivity index is 1.43. The number of furan rings is 1. The fourth-order valence-corrected chi connectivity index (χ4v) is 10.5. The van der Waals surface area contributed by atoms with Gasteiger partial charge in [-0.15, -0.1) is 0 Å². The summed E-state index contributed by atoms with van der Waals surface area (Å²) in [5, 5.41) is 1.97. The molecule has 0 saturated carbocycles. The molecule has 1 aliphatic rings. The van der Waals surface area contributed by atoms with Gasteiger partial charge in [0.05, 0.1) is 24.2 Å². The van der Waals surface area contributed by atoms with Crippen LogP contribution in [0.5, 0.6) is 5.75 Å². The number of allylic oxidation sites excluding steroid dienone is 2. The van der Waals surface area contributed by atoms with Crippen molar-refractivity contribution in [2.45, 2.75) is 105 Å². The van der Waals surface area contributed by atoms with Gasteiger partial charge >= 0.3 is 7.40 Å². The zero-order valence-electron chi connectivity index (χ0n) is 45.7. The van der Waals surface area contributed by atoms with E-state index in [1.807, 2.05) is 78.9 Å². The number of halogens is 2. The summed E-state index contributed by atoms with van der Waals surface area (Å²) in [6, 6.07) is 58.0. The number of rotatable bonds is 9. The van der Waals surface area contributed by atoms with Gasteiger partial charge in [-0.3, -0.25) is 8.63 Å². The van der Waals surface area contributed by atoms with Crippen molar-refractivity contribution in [1.82, 2.24) is 4.48 Å². The molecule has 4 nitrogen and oxygen atoms in total. The molecule has 378 valence electrons. The quantitative estimate of drug-likeness (QED) is 0.135. The molecule has 0 unspecified atom stereocenters. The van der Waals surface area contributed by atoms with Crippen LogP contribution in [0.4, 0.5) is 8.63 Å². The summed E-state index contributed by atoms with van der Waals surface area (Å²) < 4.78 is 48.2. The zero-order chi connectivity index (χ0) is 53.4. The van der Waals surface area contributed by atoms with Crippen LogP contribution in [0.15, 0.2) is 185 Å². The van der Waals surface area contributed by atoms with Crippen molar-refractivity contribution >= 4 is 51.8 Å². The molecule has 0 bridgehead atoms. The first-order valence-corrected chi connectivity index (χ1v) is 26.1. The topological polar surface area (TPSA) is 39.7 Å². The Labute approximate surface area is 442 Å². The third-order valence-electron chi connectivity index (χ3n) is 14.8. The number of aromatic nitrogens is 1. The molecule has 10 rings (SSSR count). The Hall–Kier alpha value is -7.51. The van der Waals surface area contributed by atoms with Crippen LogP contribution >= 0.6 is 0 Å². The van der Waals surface area contributed by atoms with Crippen LogP contribution in [0, 0.1) is 0 Å². The number of fused-ring (bicyclic) bond motifs is 3. The molecule has 0 radical (unpaired) electrons. The van der Waals surface area contributed by atoms with E-state index >= 15 is 8.63 Å². The summed E-state index contributed by atoms with van der Waals surface area (Å²) in [7, 11) is -1.33. The number of benzene rings is 7. The molecule has 0 atom stereocenters. The lowest BCUT2D eigenvalue weighted by Crippen LogP contribution is -2.19. The van der Waals surface area contributed by atoms with Crippen molar-refractivity contribution in [3.8, 4) is 28.1 Å². The maximum absolute atomic E-state index is 17.1. The highest BCUT2D eigenvalue weighted by Crippen LogP contribution is 2.51. The highest BCUT2D eigenvalue weighted by molar-refractivity contribution is 6.44. The highest BCUT2D eigenvalue weighted by Gasteiger charge is 2.38. The van der Waals surface area contributed by atoms with Gasteiger partial charge in [-0.05, 0) is 96.5 Å². The maximum atomic E-state index is 17.1. The lowest BCUT2D eigenvalue weighted by atomic mass is 9.81. The first kappa shape index (κ1) is 51.0. The summed E-state index contributed by atoms with van der Waals surface area (Å²) >= 11 is 0. The summed E-state index contributed by atoms with van der Waals surface area (Å²) in [6.07, 6.45) is 0. The van der Waals surface area contributed by atoms with E-state index in [2.05, 4.69) is 174 Å². The number of ether oxygens (including phenoxy) is 1. The monoisotopic (exact) mass is 993 g/mol. The number of aliphatic imine (C=N–C) groups is 1. The molecule has 9 aromatic rings. The molecule has 0 spiro atoms. The van der Waals surface area contributed by atoms with E-state index in [9.17, 15) is 0 Å². The smallest absolute Gasteiger partial charge is 0.496 e. The average molecular weight is 993 g/mol. The maximum Gasteiger partial charge on any atom is 0.678 e. The molecular weight excluding hydrogens is 926 g/mol. The van der Waals surface area contributed by atoms with E-state index in [4.69, 9.17) is 14.1 Å². The number of hydrogen-bond donors (Lipinski definition) is 0. The second-order valence-corrected chi connectivity index (χ2v) is 24.2. The van der Waals surface area contributed by atoms with E-state index in [1.54, 1.807) is 7.11 Å². The SMILES string of the molecule is COc1ccccc1/C(=C1/N=C(c2ccc(C(C)(C)C)cc2)C(c2ccc3oc4ccccc4c3c2)=C1c1cccc(C(C)(C)C)c1)c1c(-c2cccc(C(C)(C)C)c2)cc(-c2ccc(C(C)(C)C)cc2)n1B(F)F. The number of para-hydroxylation sites is 2. The van der Waals surface area contributed by atoms with Crippen molar-refractivity contribution in [2.75, 3.05) is 7.11 Å². The van der Waals surface area contributed by atoms with Gasteiger partial charge in [0.25, 0.3) is 0 Å². The average Bonchev–Trinajstić information content (AvgIpc) is 4.08. The van der Waals surface area contributed by atoms with Crippen molar-refractivity contribution < 1.29 is 17.8 Å².